The van der Waals surface area contributed by atoms with E-state index in [2.05, 4.69) is 126 Å². The maximum atomic E-state index is 10.4. The lowest BCUT2D eigenvalue weighted by Crippen LogP contribution is -2.41. The Labute approximate surface area is 302 Å². The Hall–Kier alpha value is -7.13. The molecule has 0 radical (unpaired) electrons. The van der Waals surface area contributed by atoms with Gasteiger partial charge in [-0.05, 0) is 90.4 Å². The van der Waals surface area contributed by atoms with E-state index in [9.17, 15) is 15.8 Å². The lowest BCUT2D eigenvalue weighted by Gasteiger charge is -2.39. The third-order valence-electron chi connectivity index (χ3n) is 10.8. The van der Waals surface area contributed by atoms with Crippen molar-refractivity contribution in [3.05, 3.63) is 179 Å². The largest absolute Gasteiger partial charge is 0.331 e. The average Bonchev–Trinajstić information content (AvgIpc) is 3.53. The van der Waals surface area contributed by atoms with E-state index in [0.717, 1.165) is 67.0 Å². The Kier molecular flexibility index (Phi) is 7.15. The maximum absolute atomic E-state index is 10.4. The zero-order chi connectivity index (χ0) is 35.4. The summed E-state index contributed by atoms with van der Waals surface area (Å²) in [6, 6.07) is 44.4. The molecule has 0 saturated heterocycles. The molecule has 0 spiro atoms. The van der Waals surface area contributed by atoms with Crippen molar-refractivity contribution in [2.45, 2.75) is 24.8 Å². The van der Waals surface area contributed by atoms with Crippen LogP contribution < -0.4 is 4.90 Å². The molecule has 0 bridgehead atoms. The molecule has 2 unspecified atom stereocenters. The number of nitrogens with zero attached hydrogens (tertiary/aromatic N) is 5. The molecule has 2 heterocycles. The number of rotatable bonds is 4. The zero-order valence-electron chi connectivity index (χ0n) is 28.5. The molecule has 1 aliphatic heterocycles. The lowest BCUT2D eigenvalue weighted by molar-refractivity contribution is 0.542. The molecule has 2 aliphatic carbocycles. The number of benzene rings is 5. The number of nitriles is 3. The quantitative estimate of drug-likeness (QED) is 0.188. The van der Waals surface area contributed by atoms with Crippen LogP contribution in [0, 0.1) is 34.0 Å². The molecule has 5 heteroatoms. The number of aromatic nitrogens is 1. The number of hydrogen-bond donors (Lipinski definition) is 0. The standard InChI is InChI=1S/C47H31N5/c1-47-23-7-6-15-42(47)41-25-32(29-49)19-22-46(41)52(47)36-12-9-11-33(26-36)34-20-21-35(30-50)39(27-34)37-13-2-4-16-43(37)51-44-17-5-3-14-38(44)40-24-31(28-48)10-8-18-45(40)51/h2-17,19-27,42H,18H2,1H3. The first-order valence-electron chi connectivity index (χ1n) is 17.4. The fourth-order valence-corrected chi connectivity index (χ4v) is 8.40. The zero-order valence-corrected chi connectivity index (χ0v) is 28.5. The van der Waals surface area contributed by atoms with Gasteiger partial charge in [0.05, 0.1) is 51.7 Å². The normalized spacial score (nSPS) is 18.1. The van der Waals surface area contributed by atoms with E-state index in [1.807, 2.05) is 60.7 Å². The second-order valence-corrected chi connectivity index (χ2v) is 13.6. The first-order valence-corrected chi connectivity index (χ1v) is 17.4. The van der Waals surface area contributed by atoms with Crippen LogP contribution in [0.25, 0.3) is 44.9 Å². The highest BCUT2D eigenvalue weighted by Crippen LogP contribution is 2.54. The molecule has 6 aromatic rings. The summed E-state index contributed by atoms with van der Waals surface area (Å²) >= 11 is 0. The summed E-state index contributed by atoms with van der Waals surface area (Å²) in [5.41, 5.74) is 12.9. The predicted molar refractivity (Wildman–Crippen MR) is 208 cm³/mol. The van der Waals surface area contributed by atoms with E-state index >= 15 is 0 Å². The van der Waals surface area contributed by atoms with E-state index in [1.54, 1.807) is 0 Å². The summed E-state index contributed by atoms with van der Waals surface area (Å²) in [5, 5.41) is 31.0. The highest BCUT2D eigenvalue weighted by Gasteiger charge is 2.47. The van der Waals surface area contributed by atoms with Gasteiger partial charge in [-0.15, -0.1) is 0 Å². The number of anilines is 2. The molecule has 0 saturated carbocycles. The van der Waals surface area contributed by atoms with Crippen LogP contribution in [0.1, 0.15) is 40.8 Å². The molecule has 244 valence electrons. The van der Waals surface area contributed by atoms with Crippen LogP contribution in [0.15, 0.2) is 151 Å². The molecule has 3 aliphatic rings. The van der Waals surface area contributed by atoms with Gasteiger partial charge < -0.3 is 9.47 Å². The van der Waals surface area contributed by atoms with Crippen LogP contribution in [0.3, 0.4) is 0 Å². The van der Waals surface area contributed by atoms with Gasteiger partial charge in [0.15, 0.2) is 0 Å². The molecule has 5 nitrogen and oxygen atoms in total. The Morgan fingerprint density at radius 1 is 0.731 bits per heavy atom. The number of allylic oxidation sites excluding steroid dienone is 5. The summed E-state index contributed by atoms with van der Waals surface area (Å²) in [4.78, 5) is 2.39. The Morgan fingerprint density at radius 2 is 1.58 bits per heavy atom. The maximum Gasteiger partial charge on any atom is 0.0998 e. The molecular weight excluding hydrogens is 635 g/mol. The van der Waals surface area contributed by atoms with E-state index < -0.39 is 0 Å². The van der Waals surface area contributed by atoms with Gasteiger partial charge in [-0.2, -0.15) is 15.8 Å². The summed E-state index contributed by atoms with van der Waals surface area (Å²) in [5.74, 6) is 0.111. The van der Waals surface area contributed by atoms with Gasteiger partial charge in [0, 0.05) is 51.5 Å². The van der Waals surface area contributed by atoms with Crippen molar-refractivity contribution in [2.75, 3.05) is 4.90 Å². The summed E-state index contributed by atoms with van der Waals surface area (Å²) < 4.78 is 2.29. The first-order chi connectivity index (χ1) is 25.5. The van der Waals surface area contributed by atoms with Crippen LogP contribution in [-0.4, -0.2) is 10.1 Å². The number of hydrogen-bond acceptors (Lipinski definition) is 4. The molecule has 52 heavy (non-hydrogen) atoms. The van der Waals surface area contributed by atoms with Crippen molar-refractivity contribution < 1.29 is 0 Å². The third kappa shape index (κ3) is 4.67. The van der Waals surface area contributed by atoms with Crippen LogP contribution in [-0.2, 0) is 6.42 Å². The van der Waals surface area contributed by atoms with Crippen LogP contribution in [0.5, 0.6) is 0 Å². The predicted octanol–water partition coefficient (Wildman–Crippen LogP) is 10.8. The Morgan fingerprint density at radius 3 is 2.44 bits per heavy atom. The van der Waals surface area contributed by atoms with Crippen LogP contribution in [0.4, 0.5) is 11.4 Å². The number of para-hydroxylation sites is 2. The second kappa shape index (κ2) is 12.0. The minimum Gasteiger partial charge on any atom is -0.331 e. The minimum absolute atomic E-state index is 0.111. The van der Waals surface area contributed by atoms with E-state index in [-0.39, 0.29) is 11.5 Å². The Balaban J connectivity index is 1.19. The monoisotopic (exact) mass is 665 g/mol. The molecule has 0 amide bonds. The molecule has 2 atom stereocenters. The van der Waals surface area contributed by atoms with Crippen molar-refractivity contribution in [3.63, 3.8) is 0 Å². The fraction of sp³-hybridized carbons (Fsp3) is 0.0851. The van der Waals surface area contributed by atoms with Crippen molar-refractivity contribution in [1.29, 1.82) is 15.8 Å². The molecule has 0 fully saturated rings. The second-order valence-electron chi connectivity index (χ2n) is 13.6. The van der Waals surface area contributed by atoms with Crippen molar-refractivity contribution in [1.82, 2.24) is 4.57 Å². The highest BCUT2D eigenvalue weighted by molar-refractivity contribution is 5.96. The van der Waals surface area contributed by atoms with Crippen molar-refractivity contribution in [2.24, 2.45) is 0 Å². The lowest BCUT2D eigenvalue weighted by atomic mass is 9.80. The Bertz CT molecular complexity index is 2730. The molecule has 0 N–H and O–H groups in total. The van der Waals surface area contributed by atoms with Gasteiger partial charge in [0.1, 0.15) is 0 Å². The van der Waals surface area contributed by atoms with Crippen molar-refractivity contribution in [3.8, 4) is 46.1 Å². The third-order valence-corrected chi connectivity index (χ3v) is 10.8. The summed E-state index contributed by atoms with van der Waals surface area (Å²) in [6.07, 6.45) is 15.3. The minimum atomic E-state index is -0.339. The number of fused-ring (bicyclic) bond motifs is 6. The SMILES string of the molecule is CC12C=CC=CC1c1cc(C#N)ccc1N2c1cccc(-c2ccc(C#N)c(-c3ccccc3-n3c4c(c5ccccc53)C=C(C#N)C=CC4)c2)c1. The molecule has 1 aromatic heterocycles. The topological polar surface area (TPSA) is 79.5 Å². The highest BCUT2D eigenvalue weighted by atomic mass is 15.2. The van der Waals surface area contributed by atoms with E-state index in [1.165, 1.54) is 0 Å². The summed E-state index contributed by atoms with van der Waals surface area (Å²) in [7, 11) is 0. The molecule has 5 aromatic carbocycles. The van der Waals surface area contributed by atoms with Gasteiger partial charge in [0.25, 0.3) is 0 Å². The average molecular weight is 666 g/mol. The van der Waals surface area contributed by atoms with Gasteiger partial charge in [-0.1, -0.05) is 85.0 Å². The van der Waals surface area contributed by atoms with Crippen molar-refractivity contribution >= 4 is 28.4 Å². The van der Waals surface area contributed by atoms with Crippen LogP contribution in [0.2, 0.25) is 0 Å². The van der Waals surface area contributed by atoms with Gasteiger partial charge in [-0.3, -0.25) is 0 Å². The summed E-state index contributed by atoms with van der Waals surface area (Å²) in [6.45, 7) is 2.26. The van der Waals surface area contributed by atoms with Gasteiger partial charge in [-0.25, -0.2) is 0 Å². The first kappa shape index (κ1) is 30.9. The van der Waals surface area contributed by atoms with Gasteiger partial charge in [0.2, 0.25) is 0 Å². The molecular formula is C47H31N5. The van der Waals surface area contributed by atoms with Gasteiger partial charge >= 0.3 is 0 Å². The van der Waals surface area contributed by atoms with Crippen LogP contribution >= 0.6 is 0 Å². The van der Waals surface area contributed by atoms with E-state index in [4.69, 9.17) is 0 Å². The molecule has 9 rings (SSSR count). The van der Waals surface area contributed by atoms with E-state index in [0.29, 0.717) is 23.1 Å². The fourth-order valence-electron chi connectivity index (χ4n) is 8.40. The smallest absolute Gasteiger partial charge is 0.0998 e.